The SMILES string of the molecule is COC(=O)c1cnc(N)c2c(-c3ccc(N)cc3)csc12. The summed E-state index contributed by atoms with van der Waals surface area (Å²) in [4.78, 5) is 15.9. The van der Waals surface area contributed by atoms with Crippen molar-refractivity contribution in [2.24, 2.45) is 0 Å². The average Bonchev–Trinajstić information content (AvgIpc) is 2.93. The summed E-state index contributed by atoms with van der Waals surface area (Å²) >= 11 is 1.45. The molecule has 4 N–H and O–H groups in total. The Kier molecular flexibility index (Phi) is 3.23. The lowest BCUT2D eigenvalue weighted by molar-refractivity contribution is 0.0603. The van der Waals surface area contributed by atoms with Crippen molar-refractivity contribution in [3.8, 4) is 11.1 Å². The summed E-state index contributed by atoms with van der Waals surface area (Å²) in [7, 11) is 1.35. The maximum absolute atomic E-state index is 11.8. The molecule has 0 radical (unpaired) electrons. The summed E-state index contributed by atoms with van der Waals surface area (Å²) < 4.78 is 5.56. The fourth-order valence-electron chi connectivity index (χ4n) is 2.20. The summed E-state index contributed by atoms with van der Waals surface area (Å²) in [6, 6.07) is 7.49. The molecule has 3 aromatic rings. The van der Waals surface area contributed by atoms with E-state index in [4.69, 9.17) is 16.2 Å². The van der Waals surface area contributed by atoms with Crippen LogP contribution in [0.1, 0.15) is 10.4 Å². The molecule has 2 heterocycles. The van der Waals surface area contributed by atoms with Gasteiger partial charge in [0.05, 0.1) is 17.4 Å². The minimum absolute atomic E-state index is 0.394. The van der Waals surface area contributed by atoms with E-state index in [1.165, 1.54) is 24.6 Å². The Morgan fingerprint density at radius 2 is 1.95 bits per heavy atom. The van der Waals surface area contributed by atoms with Gasteiger partial charge in [-0.25, -0.2) is 9.78 Å². The zero-order valence-electron chi connectivity index (χ0n) is 11.3. The molecule has 0 unspecified atom stereocenters. The Balaban J connectivity index is 2.26. The lowest BCUT2D eigenvalue weighted by Crippen LogP contribution is -2.03. The highest BCUT2D eigenvalue weighted by atomic mass is 32.1. The van der Waals surface area contributed by atoms with Gasteiger partial charge >= 0.3 is 5.97 Å². The van der Waals surface area contributed by atoms with Crippen molar-refractivity contribution in [3.63, 3.8) is 0 Å². The summed E-state index contributed by atoms with van der Waals surface area (Å²) in [5.41, 5.74) is 14.7. The monoisotopic (exact) mass is 299 g/mol. The topological polar surface area (TPSA) is 91.2 Å². The predicted octanol–water partition coefficient (Wildman–Crippen LogP) is 2.91. The van der Waals surface area contributed by atoms with Gasteiger partial charge in [0.25, 0.3) is 0 Å². The average molecular weight is 299 g/mol. The number of hydrogen-bond acceptors (Lipinski definition) is 6. The minimum Gasteiger partial charge on any atom is -0.465 e. The second-order valence-electron chi connectivity index (χ2n) is 4.52. The van der Waals surface area contributed by atoms with Crippen molar-refractivity contribution in [2.45, 2.75) is 0 Å². The second-order valence-corrected chi connectivity index (χ2v) is 5.40. The van der Waals surface area contributed by atoms with Crippen LogP contribution in [-0.4, -0.2) is 18.1 Å². The predicted molar refractivity (Wildman–Crippen MR) is 85.2 cm³/mol. The number of carbonyl (C=O) groups excluding carboxylic acids is 1. The zero-order valence-corrected chi connectivity index (χ0v) is 12.1. The Morgan fingerprint density at radius 1 is 1.24 bits per heavy atom. The lowest BCUT2D eigenvalue weighted by atomic mass is 10.0. The van der Waals surface area contributed by atoms with Crippen LogP contribution in [0.15, 0.2) is 35.8 Å². The number of aromatic nitrogens is 1. The van der Waals surface area contributed by atoms with Gasteiger partial charge in [-0.2, -0.15) is 0 Å². The van der Waals surface area contributed by atoms with Crippen LogP contribution in [0.25, 0.3) is 21.2 Å². The van der Waals surface area contributed by atoms with Crippen LogP contribution in [0.3, 0.4) is 0 Å². The number of nitrogens with zero attached hydrogens (tertiary/aromatic N) is 1. The quantitative estimate of drug-likeness (QED) is 0.561. The largest absolute Gasteiger partial charge is 0.465 e. The van der Waals surface area contributed by atoms with E-state index >= 15 is 0 Å². The highest BCUT2D eigenvalue weighted by Crippen LogP contribution is 2.38. The zero-order chi connectivity index (χ0) is 15.0. The Hall–Kier alpha value is -2.60. The molecule has 0 spiro atoms. The second kappa shape index (κ2) is 5.06. The third kappa shape index (κ3) is 2.19. The third-order valence-electron chi connectivity index (χ3n) is 3.25. The van der Waals surface area contributed by atoms with E-state index < -0.39 is 5.97 Å². The van der Waals surface area contributed by atoms with Crippen molar-refractivity contribution >= 4 is 38.9 Å². The molecule has 0 aliphatic rings. The maximum Gasteiger partial charge on any atom is 0.340 e. The molecule has 0 saturated heterocycles. The van der Waals surface area contributed by atoms with Gasteiger partial charge in [-0.15, -0.1) is 11.3 Å². The molecular weight excluding hydrogens is 286 g/mol. The lowest BCUT2D eigenvalue weighted by Gasteiger charge is -2.05. The number of carbonyl (C=O) groups is 1. The first kappa shape index (κ1) is 13.4. The molecule has 0 aliphatic carbocycles. The molecule has 0 saturated carbocycles. The first-order valence-corrected chi connectivity index (χ1v) is 7.09. The third-order valence-corrected chi connectivity index (χ3v) is 4.26. The number of methoxy groups -OCH3 is 1. The Bertz CT molecular complexity index is 825. The summed E-state index contributed by atoms with van der Waals surface area (Å²) in [6.07, 6.45) is 1.45. The number of thiophene rings is 1. The van der Waals surface area contributed by atoms with Crippen LogP contribution in [0, 0.1) is 0 Å². The van der Waals surface area contributed by atoms with Gasteiger partial charge in [0.15, 0.2) is 0 Å². The summed E-state index contributed by atoms with van der Waals surface area (Å²) in [6.45, 7) is 0. The van der Waals surface area contributed by atoms with Crippen molar-refractivity contribution in [3.05, 3.63) is 41.4 Å². The number of nitrogen functional groups attached to an aromatic ring is 2. The molecule has 0 fully saturated rings. The van der Waals surface area contributed by atoms with Gasteiger partial charge in [-0.05, 0) is 23.1 Å². The van der Waals surface area contributed by atoms with Crippen LogP contribution < -0.4 is 11.5 Å². The number of esters is 1. The van der Waals surface area contributed by atoms with Gasteiger partial charge < -0.3 is 16.2 Å². The first-order chi connectivity index (χ1) is 10.1. The number of ether oxygens (including phenoxy) is 1. The normalized spacial score (nSPS) is 10.7. The fraction of sp³-hybridized carbons (Fsp3) is 0.0667. The first-order valence-electron chi connectivity index (χ1n) is 6.21. The van der Waals surface area contributed by atoms with Crippen LogP contribution in [0.4, 0.5) is 11.5 Å². The molecule has 21 heavy (non-hydrogen) atoms. The van der Waals surface area contributed by atoms with E-state index in [0.29, 0.717) is 17.1 Å². The maximum atomic E-state index is 11.8. The smallest absolute Gasteiger partial charge is 0.340 e. The van der Waals surface area contributed by atoms with Gasteiger partial charge in [0.2, 0.25) is 0 Å². The Labute approximate surface area is 125 Å². The molecule has 6 heteroatoms. The number of hydrogen-bond donors (Lipinski definition) is 2. The summed E-state index contributed by atoms with van der Waals surface area (Å²) in [5.74, 6) is -0.0241. The molecular formula is C15H13N3O2S. The van der Waals surface area contributed by atoms with Crippen LogP contribution in [0.5, 0.6) is 0 Å². The van der Waals surface area contributed by atoms with Crippen molar-refractivity contribution in [2.75, 3.05) is 18.6 Å². The van der Waals surface area contributed by atoms with Gasteiger partial charge in [0, 0.05) is 22.8 Å². The molecule has 3 rings (SSSR count). The van der Waals surface area contributed by atoms with E-state index in [1.54, 1.807) is 0 Å². The molecule has 5 nitrogen and oxygen atoms in total. The van der Waals surface area contributed by atoms with E-state index in [2.05, 4.69) is 4.98 Å². The van der Waals surface area contributed by atoms with E-state index in [9.17, 15) is 4.79 Å². The summed E-state index contributed by atoms with van der Waals surface area (Å²) in [5, 5.41) is 2.73. The van der Waals surface area contributed by atoms with Gasteiger partial charge in [-0.3, -0.25) is 0 Å². The molecule has 0 aliphatic heterocycles. The number of rotatable bonds is 2. The van der Waals surface area contributed by atoms with Crippen molar-refractivity contribution in [1.29, 1.82) is 0 Å². The number of anilines is 2. The Morgan fingerprint density at radius 3 is 2.62 bits per heavy atom. The molecule has 1 aromatic carbocycles. The van der Waals surface area contributed by atoms with Crippen LogP contribution >= 0.6 is 11.3 Å². The number of benzene rings is 1. The van der Waals surface area contributed by atoms with Crippen molar-refractivity contribution < 1.29 is 9.53 Å². The minimum atomic E-state index is -0.418. The van der Waals surface area contributed by atoms with Gasteiger partial charge in [0.1, 0.15) is 5.82 Å². The number of pyridine rings is 1. The fourth-order valence-corrected chi connectivity index (χ4v) is 3.28. The van der Waals surface area contributed by atoms with Crippen LogP contribution in [-0.2, 0) is 4.74 Å². The molecule has 0 atom stereocenters. The molecule has 0 amide bonds. The highest BCUT2D eigenvalue weighted by molar-refractivity contribution is 7.18. The molecule has 106 valence electrons. The van der Waals surface area contributed by atoms with Gasteiger partial charge in [-0.1, -0.05) is 12.1 Å². The molecule has 0 bridgehead atoms. The standard InChI is InChI=1S/C15H13N3O2S/c1-20-15(19)10-6-18-14(17)12-11(7-21-13(10)12)8-2-4-9(16)5-3-8/h2-7H,16H2,1H3,(H2,17,18). The van der Waals surface area contributed by atoms with E-state index in [0.717, 1.165) is 21.2 Å². The highest BCUT2D eigenvalue weighted by Gasteiger charge is 2.18. The van der Waals surface area contributed by atoms with Crippen molar-refractivity contribution in [1.82, 2.24) is 4.98 Å². The number of fused-ring (bicyclic) bond motifs is 1. The van der Waals surface area contributed by atoms with E-state index in [1.807, 2.05) is 29.6 Å². The number of nitrogens with two attached hydrogens (primary N) is 2. The van der Waals surface area contributed by atoms with Crippen LogP contribution in [0.2, 0.25) is 0 Å². The molecule has 2 aromatic heterocycles. The van der Waals surface area contributed by atoms with E-state index in [-0.39, 0.29) is 0 Å².